The van der Waals surface area contributed by atoms with Gasteiger partial charge in [0, 0.05) is 5.56 Å². The fourth-order valence-electron chi connectivity index (χ4n) is 1.05. The first-order valence-corrected chi connectivity index (χ1v) is 4.05. The molecule has 13 heavy (non-hydrogen) atoms. The van der Waals surface area contributed by atoms with Gasteiger partial charge in [-0.3, -0.25) is 4.79 Å². The number of ketones is 1. The average molecular weight is 176 g/mol. The van der Waals surface area contributed by atoms with Crippen LogP contribution in [-0.4, -0.2) is 17.5 Å². The van der Waals surface area contributed by atoms with E-state index in [0.717, 1.165) is 5.56 Å². The van der Waals surface area contributed by atoms with Gasteiger partial charge in [-0.25, -0.2) is 0 Å². The molecule has 1 aromatic carbocycles. The van der Waals surface area contributed by atoms with Crippen LogP contribution in [0.4, 0.5) is 0 Å². The Bertz CT molecular complexity index is 340. The standard InChI is InChI=1S/C11H12O2/c1-8(7-12)10-4-3-5-11(6-10)9(2)13/h3-6,12H,1,7H2,2H3. The van der Waals surface area contributed by atoms with Crippen molar-refractivity contribution in [1.29, 1.82) is 0 Å². The Morgan fingerprint density at radius 3 is 2.62 bits per heavy atom. The summed E-state index contributed by atoms with van der Waals surface area (Å²) in [7, 11) is 0. The molecule has 1 aromatic rings. The Labute approximate surface area is 77.5 Å². The number of hydrogen-bond acceptors (Lipinski definition) is 2. The van der Waals surface area contributed by atoms with Crippen molar-refractivity contribution in [2.24, 2.45) is 0 Å². The quantitative estimate of drug-likeness (QED) is 0.714. The molecule has 0 saturated heterocycles. The van der Waals surface area contributed by atoms with E-state index < -0.39 is 0 Å². The zero-order chi connectivity index (χ0) is 9.84. The second-order valence-corrected chi connectivity index (χ2v) is 2.90. The maximum absolute atomic E-state index is 11.0. The molecule has 2 nitrogen and oxygen atoms in total. The van der Waals surface area contributed by atoms with E-state index in [0.29, 0.717) is 11.1 Å². The van der Waals surface area contributed by atoms with Gasteiger partial charge >= 0.3 is 0 Å². The zero-order valence-corrected chi connectivity index (χ0v) is 7.58. The summed E-state index contributed by atoms with van der Waals surface area (Å²) in [6.07, 6.45) is 0. The summed E-state index contributed by atoms with van der Waals surface area (Å²) in [5, 5.41) is 8.83. The molecule has 0 unspecified atom stereocenters. The Kier molecular flexibility index (Phi) is 2.98. The van der Waals surface area contributed by atoms with Crippen LogP contribution in [0.15, 0.2) is 30.8 Å². The summed E-state index contributed by atoms with van der Waals surface area (Å²) >= 11 is 0. The van der Waals surface area contributed by atoms with Crippen LogP contribution in [0, 0.1) is 0 Å². The van der Waals surface area contributed by atoms with Crippen LogP contribution in [0.1, 0.15) is 22.8 Å². The summed E-state index contributed by atoms with van der Waals surface area (Å²) in [4.78, 5) is 11.0. The molecule has 0 aliphatic heterocycles. The summed E-state index contributed by atoms with van der Waals surface area (Å²) in [5.74, 6) is 0.0209. The van der Waals surface area contributed by atoms with E-state index in [4.69, 9.17) is 5.11 Å². The van der Waals surface area contributed by atoms with E-state index in [1.54, 1.807) is 18.2 Å². The normalized spacial score (nSPS) is 9.69. The molecule has 1 rings (SSSR count). The van der Waals surface area contributed by atoms with Crippen LogP contribution in [0.5, 0.6) is 0 Å². The largest absolute Gasteiger partial charge is 0.392 e. The molecule has 0 spiro atoms. The van der Waals surface area contributed by atoms with Crippen LogP contribution in [0.3, 0.4) is 0 Å². The number of rotatable bonds is 3. The van der Waals surface area contributed by atoms with Crippen LogP contribution >= 0.6 is 0 Å². The third kappa shape index (κ3) is 2.26. The van der Waals surface area contributed by atoms with Gasteiger partial charge in [-0.2, -0.15) is 0 Å². The van der Waals surface area contributed by atoms with Gasteiger partial charge in [-0.05, 0) is 24.1 Å². The fraction of sp³-hybridized carbons (Fsp3) is 0.182. The predicted molar refractivity (Wildman–Crippen MR) is 52.6 cm³/mol. The highest BCUT2D eigenvalue weighted by Crippen LogP contribution is 2.13. The molecule has 0 amide bonds. The van der Waals surface area contributed by atoms with Crippen LogP contribution < -0.4 is 0 Å². The zero-order valence-electron chi connectivity index (χ0n) is 7.58. The molecule has 0 fully saturated rings. The number of aliphatic hydroxyl groups is 1. The van der Waals surface area contributed by atoms with Gasteiger partial charge in [0.1, 0.15) is 0 Å². The van der Waals surface area contributed by atoms with Crippen molar-refractivity contribution in [3.05, 3.63) is 42.0 Å². The second kappa shape index (κ2) is 4.01. The van der Waals surface area contributed by atoms with E-state index in [9.17, 15) is 4.79 Å². The smallest absolute Gasteiger partial charge is 0.159 e. The lowest BCUT2D eigenvalue weighted by Gasteiger charge is -2.03. The molecule has 0 radical (unpaired) electrons. The molecule has 2 heteroatoms. The van der Waals surface area contributed by atoms with E-state index in [2.05, 4.69) is 6.58 Å². The summed E-state index contributed by atoms with van der Waals surface area (Å²) in [6.45, 7) is 5.12. The monoisotopic (exact) mass is 176 g/mol. The molecular formula is C11H12O2. The van der Waals surface area contributed by atoms with Crippen molar-refractivity contribution in [3.8, 4) is 0 Å². The molecule has 0 bridgehead atoms. The first-order chi connectivity index (χ1) is 6.15. The molecule has 0 aromatic heterocycles. The molecule has 0 atom stereocenters. The molecule has 0 saturated carbocycles. The average Bonchev–Trinajstić information content (AvgIpc) is 2.17. The topological polar surface area (TPSA) is 37.3 Å². The number of carbonyl (C=O) groups excluding carboxylic acids is 1. The van der Waals surface area contributed by atoms with Gasteiger partial charge in [-0.15, -0.1) is 0 Å². The number of Topliss-reactive ketones (excluding diaryl/α,β-unsaturated/α-hetero) is 1. The van der Waals surface area contributed by atoms with E-state index in [1.165, 1.54) is 6.92 Å². The number of hydrogen-bond donors (Lipinski definition) is 1. The third-order valence-electron chi connectivity index (χ3n) is 1.87. The van der Waals surface area contributed by atoms with E-state index >= 15 is 0 Å². The van der Waals surface area contributed by atoms with Crippen LogP contribution in [0.2, 0.25) is 0 Å². The van der Waals surface area contributed by atoms with Gasteiger partial charge < -0.3 is 5.11 Å². The lowest BCUT2D eigenvalue weighted by Crippen LogP contribution is -1.94. The van der Waals surface area contributed by atoms with Crippen molar-refractivity contribution in [2.45, 2.75) is 6.92 Å². The van der Waals surface area contributed by atoms with E-state index in [1.807, 2.05) is 6.07 Å². The van der Waals surface area contributed by atoms with Crippen LogP contribution in [-0.2, 0) is 0 Å². The first-order valence-electron chi connectivity index (χ1n) is 4.05. The van der Waals surface area contributed by atoms with Gasteiger partial charge in [0.15, 0.2) is 5.78 Å². The summed E-state index contributed by atoms with van der Waals surface area (Å²) < 4.78 is 0. The lowest BCUT2D eigenvalue weighted by molar-refractivity contribution is 0.101. The highest BCUT2D eigenvalue weighted by atomic mass is 16.3. The van der Waals surface area contributed by atoms with Gasteiger partial charge in [0.2, 0.25) is 0 Å². The SMILES string of the molecule is C=C(CO)c1cccc(C(C)=O)c1. The van der Waals surface area contributed by atoms with Gasteiger partial charge in [0.05, 0.1) is 6.61 Å². The van der Waals surface area contributed by atoms with E-state index in [-0.39, 0.29) is 12.4 Å². The maximum atomic E-state index is 11.0. The summed E-state index contributed by atoms with van der Waals surface area (Å²) in [6, 6.07) is 7.09. The Morgan fingerprint density at radius 2 is 2.08 bits per heavy atom. The minimum Gasteiger partial charge on any atom is -0.392 e. The molecule has 0 aliphatic rings. The number of aliphatic hydroxyl groups excluding tert-OH is 1. The molecule has 0 aliphatic carbocycles. The van der Waals surface area contributed by atoms with Crippen molar-refractivity contribution in [2.75, 3.05) is 6.61 Å². The van der Waals surface area contributed by atoms with Crippen LogP contribution in [0.25, 0.3) is 5.57 Å². The second-order valence-electron chi connectivity index (χ2n) is 2.90. The van der Waals surface area contributed by atoms with Crippen molar-refractivity contribution >= 4 is 11.4 Å². The molecular weight excluding hydrogens is 164 g/mol. The fourth-order valence-corrected chi connectivity index (χ4v) is 1.05. The Morgan fingerprint density at radius 1 is 1.46 bits per heavy atom. The van der Waals surface area contributed by atoms with Crippen molar-refractivity contribution in [3.63, 3.8) is 0 Å². The van der Waals surface area contributed by atoms with Gasteiger partial charge in [-0.1, -0.05) is 24.8 Å². The predicted octanol–water partition coefficient (Wildman–Crippen LogP) is 1.89. The Hall–Kier alpha value is -1.41. The highest BCUT2D eigenvalue weighted by Gasteiger charge is 2.01. The third-order valence-corrected chi connectivity index (χ3v) is 1.87. The van der Waals surface area contributed by atoms with Crippen molar-refractivity contribution in [1.82, 2.24) is 0 Å². The van der Waals surface area contributed by atoms with Gasteiger partial charge in [0.25, 0.3) is 0 Å². The molecule has 0 heterocycles. The summed E-state index contributed by atoms with van der Waals surface area (Å²) in [5.41, 5.74) is 2.09. The minimum atomic E-state index is -0.0820. The molecule has 68 valence electrons. The Balaban J connectivity index is 3.05. The maximum Gasteiger partial charge on any atom is 0.159 e. The number of carbonyl (C=O) groups is 1. The first kappa shape index (κ1) is 9.68. The van der Waals surface area contributed by atoms with Crippen molar-refractivity contribution < 1.29 is 9.90 Å². The minimum absolute atomic E-state index is 0.0209. The lowest BCUT2D eigenvalue weighted by atomic mass is 10.0. The number of benzene rings is 1. The molecule has 1 N–H and O–H groups in total. The highest BCUT2D eigenvalue weighted by molar-refractivity contribution is 5.94.